The van der Waals surface area contributed by atoms with E-state index in [1.54, 1.807) is 13.8 Å². The number of hydrogen-bond acceptors (Lipinski definition) is 2. The van der Waals surface area contributed by atoms with Gasteiger partial charge in [-0.1, -0.05) is 19.4 Å². The van der Waals surface area contributed by atoms with Crippen LogP contribution in [0, 0.1) is 11.3 Å². The Hall–Kier alpha value is -1.49. The second-order valence-electron chi connectivity index (χ2n) is 3.91. The largest absolute Gasteiger partial charge is 0.490 e. The number of nitrogens with zero attached hydrogens (tertiary/aromatic N) is 1. The molecule has 0 radical (unpaired) electrons. The normalized spacial score (nSPS) is 15.7. The summed E-state index contributed by atoms with van der Waals surface area (Å²) in [5.74, 6) is -0.155. The maximum absolute atomic E-state index is 12.5. The summed E-state index contributed by atoms with van der Waals surface area (Å²) in [6.45, 7) is 3.19. The first-order chi connectivity index (χ1) is 7.83. The molecule has 0 N–H and O–H groups in total. The van der Waals surface area contributed by atoms with E-state index in [1.807, 2.05) is 0 Å². The van der Waals surface area contributed by atoms with Crippen molar-refractivity contribution in [2.24, 2.45) is 0 Å². The SMILES string of the molecule is CC(C)Oc1ccc(S(F)(F)(F)(F)F)cc1C#N. The molecule has 0 spiro atoms. The third kappa shape index (κ3) is 3.50. The van der Waals surface area contributed by atoms with Crippen LogP contribution in [0.1, 0.15) is 19.4 Å². The standard InChI is InChI=1S/C10H10F5NOS/c1-7(2)17-10-4-3-9(5-8(10)6-16)18(11,12,13,14)15/h3-5,7H,1-2H3. The Labute approximate surface area is 101 Å². The number of halogens is 5. The molecule has 1 rings (SSSR count). The van der Waals surface area contributed by atoms with Crippen LogP contribution in [-0.2, 0) is 0 Å². The van der Waals surface area contributed by atoms with Gasteiger partial charge >= 0.3 is 10.2 Å². The summed E-state index contributed by atoms with van der Waals surface area (Å²) in [5.41, 5.74) is -0.575. The molecule has 0 aliphatic heterocycles. The molecule has 0 saturated carbocycles. The summed E-state index contributed by atoms with van der Waals surface area (Å²) in [6, 6.07) is 2.47. The molecule has 18 heavy (non-hydrogen) atoms. The minimum absolute atomic E-state index is 0.110. The summed E-state index contributed by atoms with van der Waals surface area (Å²) < 4.78 is 67.6. The molecule has 0 bridgehead atoms. The van der Waals surface area contributed by atoms with Crippen molar-refractivity contribution < 1.29 is 24.2 Å². The Kier molecular flexibility index (Phi) is 2.84. The van der Waals surface area contributed by atoms with Gasteiger partial charge in [-0.3, -0.25) is 0 Å². The predicted molar refractivity (Wildman–Crippen MR) is 58.3 cm³/mol. The zero-order valence-corrected chi connectivity index (χ0v) is 10.3. The van der Waals surface area contributed by atoms with Gasteiger partial charge in [-0.25, -0.2) is 0 Å². The minimum Gasteiger partial charge on any atom is -0.490 e. The first-order valence-electron chi connectivity index (χ1n) is 4.78. The highest BCUT2D eigenvalue weighted by atomic mass is 32.5. The van der Waals surface area contributed by atoms with E-state index < -0.39 is 20.7 Å². The maximum atomic E-state index is 12.5. The summed E-state index contributed by atoms with van der Waals surface area (Å²) in [6.07, 6.45) is -0.386. The van der Waals surface area contributed by atoms with Crippen LogP contribution < -0.4 is 4.74 Å². The Balaban J connectivity index is 3.38. The molecule has 0 aromatic heterocycles. The molecule has 0 aliphatic carbocycles. The average Bonchev–Trinajstić information content (AvgIpc) is 2.13. The van der Waals surface area contributed by atoms with Gasteiger partial charge in [0.2, 0.25) is 0 Å². The van der Waals surface area contributed by atoms with Gasteiger partial charge in [-0.2, -0.15) is 5.26 Å². The molecule has 1 aromatic rings. The van der Waals surface area contributed by atoms with Crippen LogP contribution in [0.3, 0.4) is 0 Å². The molecule has 8 heteroatoms. The molecule has 0 fully saturated rings. The van der Waals surface area contributed by atoms with Gasteiger partial charge in [0.05, 0.1) is 11.7 Å². The van der Waals surface area contributed by atoms with E-state index in [2.05, 4.69) is 0 Å². The Morgan fingerprint density at radius 1 is 1.17 bits per heavy atom. The molecule has 2 nitrogen and oxygen atoms in total. The van der Waals surface area contributed by atoms with Crippen molar-refractivity contribution in [3.8, 4) is 11.8 Å². The van der Waals surface area contributed by atoms with Crippen molar-refractivity contribution in [3.63, 3.8) is 0 Å². The topological polar surface area (TPSA) is 33.0 Å². The van der Waals surface area contributed by atoms with Gasteiger partial charge in [0, 0.05) is 0 Å². The first-order valence-corrected chi connectivity index (χ1v) is 6.73. The van der Waals surface area contributed by atoms with Gasteiger partial charge < -0.3 is 4.74 Å². The summed E-state index contributed by atoms with van der Waals surface area (Å²) in [7, 11) is -9.76. The third-order valence-electron chi connectivity index (χ3n) is 1.88. The van der Waals surface area contributed by atoms with Gasteiger partial charge in [0.1, 0.15) is 16.7 Å². The predicted octanol–water partition coefficient (Wildman–Crippen LogP) is 5.00. The van der Waals surface area contributed by atoms with Crippen molar-refractivity contribution in [1.82, 2.24) is 0 Å². The molecule has 0 atom stereocenters. The molecule has 0 heterocycles. The molecule has 0 aliphatic rings. The van der Waals surface area contributed by atoms with Crippen LogP contribution in [-0.4, -0.2) is 6.10 Å². The van der Waals surface area contributed by atoms with E-state index in [0.717, 1.165) is 6.07 Å². The Morgan fingerprint density at radius 3 is 2.11 bits per heavy atom. The fraction of sp³-hybridized carbons (Fsp3) is 0.300. The van der Waals surface area contributed by atoms with Gasteiger partial charge in [0.15, 0.2) is 0 Å². The first kappa shape index (κ1) is 14.6. The fourth-order valence-electron chi connectivity index (χ4n) is 1.19. The van der Waals surface area contributed by atoms with Crippen LogP contribution in [0.2, 0.25) is 0 Å². The number of benzene rings is 1. The van der Waals surface area contributed by atoms with E-state index in [4.69, 9.17) is 10.00 Å². The summed E-state index contributed by atoms with van der Waals surface area (Å²) in [4.78, 5) is -2.09. The van der Waals surface area contributed by atoms with Crippen LogP contribution in [0.5, 0.6) is 5.75 Å². The van der Waals surface area contributed by atoms with E-state index in [0.29, 0.717) is 0 Å². The second kappa shape index (κ2) is 3.51. The van der Waals surface area contributed by atoms with Crippen LogP contribution >= 0.6 is 10.2 Å². The van der Waals surface area contributed by atoms with E-state index >= 15 is 0 Å². The van der Waals surface area contributed by atoms with Crippen molar-refractivity contribution >= 4 is 10.2 Å². The van der Waals surface area contributed by atoms with E-state index in [1.165, 1.54) is 6.07 Å². The highest BCUT2D eigenvalue weighted by Gasteiger charge is 2.65. The van der Waals surface area contributed by atoms with Crippen LogP contribution in [0.4, 0.5) is 19.4 Å². The van der Waals surface area contributed by atoms with Crippen molar-refractivity contribution in [2.45, 2.75) is 24.8 Å². The highest BCUT2D eigenvalue weighted by molar-refractivity contribution is 8.45. The summed E-state index contributed by atoms with van der Waals surface area (Å²) >= 11 is 0. The number of rotatable bonds is 3. The van der Waals surface area contributed by atoms with Crippen molar-refractivity contribution in [3.05, 3.63) is 23.8 Å². The average molecular weight is 287 g/mol. The Morgan fingerprint density at radius 2 is 1.72 bits per heavy atom. The third-order valence-corrected chi connectivity index (χ3v) is 3.02. The number of nitriles is 1. The van der Waals surface area contributed by atoms with Gasteiger partial charge in [-0.05, 0) is 32.0 Å². The molecule has 0 amide bonds. The monoisotopic (exact) mass is 287 g/mol. The lowest BCUT2D eigenvalue weighted by atomic mass is 10.2. The van der Waals surface area contributed by atoms with Crippen molar-refractivity contribution in [1.29, 1.82) is 5.26 Å². The fourth-order valence-corrected chi connectivity index (χ4v) is 1.86. The molecule has 102 valence electrons. The number of ether oxygens (including phenoxy) is 1. The van der Waals surface area contributed by atoms with Crippen LogP contribution in [0.25, 0.3) is 0 Å². The molecule has 0 saturated heterocycles. The zero-order chi connectivity index (χ0) is 14.3. The summed E-state index contributed by atoms with van der Waals surface area (Å²) in [5, 5.41) is 8.66. The van der Waals surface area contributed by atoms with Gasteiger partial charge in [0.25, 0.3) is 0 Å². The molecular formula is C10H10F5NOS. The van der Waals surface area contributed by atoms with Gasteiger partial charge in [-0.15, -0.1) is 0 Å². The Bertz CT molecular complexity index is 517. The van der Waals surface area contributed by atoms with Crippen LogP contribution in [0.15, 0.2) is 23.1 Å². The zero-order valence-electron chi connectivity index (χ0n) is 9.46. The molecule has 0 unspecified atom stereocenters. The lowest BCUT2D eigenvalue weighted by Gasteiger charge is -2.40. The molecule has 1 aromatic carbocycles. The quantitative estimate of drug-likeness (QED) is 0.733. The maximum Gasteiger partial charge on any atom is 0.310 e. The number of hydrogen-bond donors (Lipinski definition) is 0. The lowest BCUT2D eigenvalue weighted by molar-refractivity contribution is 0.241. The van der Waals surface area contributed by atoms with Crippen molar-refractivity contribution in [2.75, 3.05) is 0 Å². The second-order valence-corrected chi connectivity index (χ2v) is 6.31. The smallest absolute Gasteiger partial charge is 0.310 e. The molecular weight excluding hydrogens is 277 g/mol. The minimum atomic E-state index is -9.76. The highest BCUT2D eigenvalue weighted by Crippen LogP contribution is 3.02. The lowest BCUT2D eigenvalue weighted by Crippen LogP contribution is -2.09. The van der Waals surface area contributed by atoms with E-state index in [9.17, 15) is 19.4 Å². The van der Waals surface area contributed by atoms with E-state index in [-0.39, 0.29) is 24.0 Å².